The first-order valence-electron chi connectivity index (χ1n) is 15.1. The normalized spacial score (nSPS) is 11.6. The van der Waals surface area contributed by atoms with Crippen LogP contribution in [0.1, 0.15) is 0 Å². The Morgan fingerprint density at radius 1 is 0.391 bits per heavy atom. The van der Waals surface area contributed by atoms with Crippen LogP contribution in [-0.2, 0) is 0 Å². The summed E-state index contributed by atoms with van der Waals surface area (Å²) >= 11 is 6.78. The number of benzene rings is 7. The molecular formula is C41H24ClN3O. The molecule has 0 bridgehead atoms. The third-order valence-electron chi connectivity index (χ3n) is 8.60. The highest BCUT2D eigenvalue weighted by Gasteiger charge is 2.18. The summed E-state index contributed by atoms with van der Waals surface area (Å²) in [6.45, 7) is 0. The molecule has 0 N–H and O–H groups in total. The summed E-state index contributed by atoms with van der Waals surface area (Å²) in [6.07, 6.45) is 0. The summed E-state index contributed by atoms with van der Waals surface area (Å²) in [5, 5.41) is 6.87. The van der Waals surface area contributed by atoms with Gasteiger partial charge in [0.25, 0.3) is 0 Å². The lowest BCUT2D eigenvalue weighted by molar-refractivity contribution is 0.669. The number of furan rings is 1. The van der Waals surface area contributed by atoms with E-state index in [1.54, 1.807) is 0 Å². The van der Waals surface area contributed by atoms with Gasteiger partial charge in [0, 0.05) is 38.9 Å². The van der Waals surface area contributed by atoms with Gasteiger partial charge >= 0.3 is 0 Å². The second-order valence-corrected chi connectivity index (χ2v) is 11.7. The van der Waals surface area contributed by atoms with Gasteiger partial charge in [-0.1, -0.05) is 133 Å². The van der Waals surface area contributed by atoms with Crippen LogP contribution in [0.5, 0.6) is 0 Å². The maximum atomic E-state index is 6.78. The van der Waals surface area contributed by atoms with Crippen LogP contribution >= 0.6 is 11.6 Å². The molecule has 0 aliphatic carbocycles. The number of hydrogen-bond donors (Lipinski definition) is 0. The van der Waals surface area contributed by atoms with Crippen LogP contribution in [0, 0.1) is 0 Å². The van der Waals surface area contributed by atoms with E-state index in [-0.39, 0.29) is 0 Å². The molecule has 0 aliphatic rings. The first-order valence-corrected chi connectivity index (χ1v) is 15.5. The van der Waals surface area contributed by atoms with Gasteiger partial charge in [-0.2, -0.15) is 0 Å². The molecule has 0 saturated heterocycles. The van der Waals surface area contributed by atoms with E-state index in [9.17, 15) is 0 Å². The predicted molar refractivity (Wildman–Crippen MR) is 189 cm³/mol. The quantitative estimate of drug-likeness (QED) is 0.199. The first kappa shape index (κ1) is 26.6. The molecule has 0 atom stereocenters. The third kappa shape index (κ3) is 4.34. The van der Waals surface area contributed by atoms with Gasteiger partial charge in [0.2, 0.25) is 0 Å². The minimum absolute atomic E-state index is 0.586. The van der Waals surface area contributed by atoms with Gasteiger partial charge < -0.3 is 4.42 Å². The minimum atomic E-state index is 0.586. The first-order chi connectivity index (χ1) is 22.7. The van der Waals surface area contributed by atoms with E-state index in [1.165, 1.54) is 11.1 Å². The zero-order chi connectivity index (χ0) is 30.6. The maximum absolute atomic E-state index is 6.78. The number of rotatable bonds is 4. The Bertz CT molecular complexity index is 2590. The fourth-order valence-corrected chi connectivity index (χ4v) is 6.70. The van der Waals surface area contributed by atoms with Crippen LogP contribution < -0.4 is 0 Å². The van der Waals surface area contributed by atoms with Gasteiger partial charge in [-0.25, -0.2) is 15.0 Å². The molecule has 2 heterocycles. The Kier molecular flexibility index (Phi) is 6.15. The Morgan fingerprint density at radius 3 is 1.74 bits per heavy atom. The van der Waals surface area contributed by atoms with E-state index in [0.717, 1.165) is 60.2 Å². The lowest BCUT2D eigenvalue weighted by Crippen LogP contribution is -2.01. The van der Waals surface area contributed by atoms with Gasteiger partial charge in [0.05, 0.1) is 5.02 Å². The van der Waals surface area contributed by atoms with Crippen molar-refractivity contribution in [3.8, 4) is 45.3 Å². The Hall–Kier alpha value is -5.84. The second kappa shape index (κ2) is 10.7. The average molecular weight is 610 g/mol. The Labute approximate surface area is 269 Å². The van der Waals surface area contributed by atoms with Gasteiger partial charge in [-0.05, 0) is 45.5 Å². The molecule has 0 unspecified atom stereocenters. The molecule has 0 spiro atoms. The number of hydrogen-bond acceptors (Lipinski definition) is 4. The largest absolute Gasteiger partial charge is 0.456 e. The van der Waals surface area contributed by atoms with Gasteiger partial charge in [-0.3, -0.25) is 0 Å². The lowest BCUT2D eigenvalue weighted by Gasteiger charge is -2.13. The Balaban J connectivity index is 1.30. The molecule has 216 valence electrons. The van der Waals surface area contributed by atoms with Crippen molar-refractivity contribution in [2.45, 2.75) is 0 Å². The molecule has 46 heavy (non-hydrogen) atoms. The van der Waals surface area contributed by atoms with Crippen LogP contribution in [0.25, 0.3) is 88.8 Å². The fraction of sp³-hybridized carbons (Fsp3) is 0. The smallest absolute Gasteiger partial charge is 0.164 e. The summed E-state index contributed by atoms with van der Waals surface area (Å²) in [4.78, 5) is 15.2. The van der Waals surface area contributed by atoms with E-state index in [1.807, 2.05) is 72.8 Å². The molecule has 0 radical (unpaired) electrons. The van der Waals surface area contributed by atoms with E-state index in [2.05, 4.69) is 72.8 Å². The van der Waals surface area contributed by atoms with E-state index in [0.29, 0.717) is 22.5 Å². The molecule has 9 rings (SSSR count). The molecule has 0 fully saturated rings. The summed E-state index contributed by atoms with van der Waals surface area (Å²) in [7, 11) is 0. The molecule has 9 aromatic rings. The number of fused-ring (bicyclic) bond motifs is 6. The number of nitrogens with zero attached hydrogens (tertiary/aromatic N) is 3. The SMILES string of the molecule is Clc1cc2oc3ccccc3c2c2cc(-c3nc(-c4ccccc4)nc(-c4ccc(-c5ccccc5)c5ccccc45)n3)ccc12. The van der Waals surface area contributed by atoms with Crippen molar-refractivity contribution in [2.75, 3.05) is 0 Å². The molecule has 0 amide bonds. The zero-order valence-corrected chi connectivity index (χ0v) is 25.2. The van der Waals surface area contributed by atoms with Crippen molar-refractivity contribution in [1.82, 2.24) is 15.0 Å². The summed E-state index contributed by atoms with van der Waals surface area (Å²) in [5.74, 6) is 1.81. The highest BCUT2D eigenvalue weighted by atomic mass is 35.5. The van der Waals surface area contributed by atoms with Crippen LogP contribution in [0.4, 0.5) is 0 Å². The lowest BCUT2D eigenvalue weighted by atomic mass is 9.94. The average Bonchev–Trinajstić information content (AvgIpc) is 3.50. The van der Waals surface area contributed by atoms with Crippen LogP contribution in [-0.4, -0.2) is 15.0 Å². The van der Waals surface area contributed by atoms with Crippen molar-refractivity contribution in [2.24, 2.45) is 0 Å². The monoisotopic (exact) mass is 609 g/mol. The highest BCUT2D eigenvalue weighted by Crippen LogP contribution is 2.40. The highest BCUT2D eigenvalue weighted by molar-refractivity contribution is 6.38. The van der Waals surface area contributed by atoms with E-state index in [4.69, 9.17) is 31.0 Å². The topological polar surface area (TPSA) is 51.8 Å². The summed E-state index contributed by atoms with van der Waals surface area (Å²) < 4.78 is 6.20. The molecular weight excluding hydrogens is 586 g/mol. The molecule has 2 aromatic heterocycles. The van der Waals surface area contributed by atoms with Crippen molar-refractivity contribution in [1.29, 1.82) is 0 Å². The molecule has 7 aromatic carbocycles. The van der Waals surface area contributed by atoms with Gasteiger partial charge in [0.15, 0.2) is 17.5 Å². The Morgan fingerprint density at radius 2 is 0.978 bits per heavy atom. The molecule has 0 aliphatic heterocycles. The number of halogens is 1. The summed E-state index contributed by atoms with van der Waals surface area (Å²) in [5.41, 5.74) is 6.65. The van der Waals surface area contributed by atoms with Crippen molar-refractivity contribution in [3.63, 3.8) is 0 Å². The molecule has 5 heteroatoms. The second-order valence-electron chi connectivity index (χ2n) is 11.3. The number of para-hydroxylation sites is 1. The van der Waals surface area contributed by atoms with Gasteiger partial charge in [0.1, 0.15) is 11.2 Å². The minimum Gasteiger partial charge on any atom is -0.456 e. The molecule has 4 nitrogen and oxygen atoms in total. The number of aromatic nitrogens is 3. The van der Waals surface area contributed by atoms with Gasteiger partial charge in [-0.15, -0.1) is 0 Å². The third-order valence-corrected chi connectivity index (χ3v) is 8.91. The predicted octanol–water partition coefficient (Wildman–Crippen LogP) is 11.4. The standard InChI is InChI=1S/C41H24ClN3O/c42-35-24-37-38(33-17-9-10-18-36(33)46-37)34-23-27(19-20-31(34)35)40-43-39(26-13-5-2-6-14-26)44-41(45-40)32-22-21-28(25-11-3-1-4-12-25)29-15-7-8-16-30(29)32/h1-24H. The zero-order valence-electron chi connectivity index (χ0n) is 24.5. The van der Waals surface area contributed by atoms with Crippen LogP contribution in [0.3, 0.4) is 0 Å². The van der Waals surface area contributed by atoms with Crippen molar-refractivity contribution >= 4 is 55.1 Å². The summed E-state index contributed by atoms with van der Waals surface area (Å²) in [6, 6.07) is 49.4. The molecule has 0 saturated carbocycles. The van der Waals surface area contributed by atoms with Crippen LogP contribution in [0.2, 0.25) is 5.02 Å². The van der Waals surface area contributed by atoms with E-state index >= 15 is 0 Å². The van der Waals surface area contributed by atoms with E-state index < -0.39 is 0 Å². The van der Waals surface area contributed by atoms with Crippen LogP contribution in [0.15, 0.2) is 150 Å². The maximum Gasteiger partial charge on any atom is 0.164 e. The van der Waals surface area contributed by atoms with Crippen molar-refractivity contribution < 1.29 is 4.42 Å². The fourth-order valence-electron chi connectivity index (χ4n) is 6.44. The van der Waals surface area contributed by atoms with Crippen molar-refractivity contribution in [3.05, 3.63) is 151 Å².